The molecule has 0 bridgehead atoms. The van der Waals surface area contributed by atoms with E-state index in [-0.39, 0.29) is 0 Å². The van der Waals surface area contributed by atoms with Crippen molar-refractivity contribution in [1.29, 1.82) is 0 Å². The summed E-state index contributed by atoms with van der Waals surface area (Å²) in [5.41, 5.74) is 0. The van der Waals surface area contributed by atoms with Gasteiger partial charge in [-0.1, -0.05) is 38.5 Å². The fourth-order valence-electron chi connectivity index (χ4n) is 20.5. The van der Waals surface area contributed by atoms with Gasteiger partial charge in [-0.25, -0.2) is 0 Å². The van der Waals surface area contributed by atoms with Crippen LogP contribution in [-0.2, 0) is 0 Å². The lowest BCUT2D eigenvalue weighted by atomic mass is 9.27. The fraction of sp³-hybridized carbons (Fsp3) is 1.00. The number of fused-ring (bicyclic) bond motifs is 9. The maximum absolute atomic E-state index is 1.71. The van der Waals surface area contributed by atoms with E-state index in [0.717, 1.165) is 0 Å². The molecule has 12 aliphatic carbocycles. The van der Waals surface area contributed by atoms with Crippen molar-refractivity contribution in [3.05, 3.63) is 0 Å². The first-order valence-corrected chi connectivity index (χ1v) is 20.9. The summed E-state index contributed by atoms with van der Waals surface area (Å²) in [6, 6.07) is 0. The van der Waals surface area contributed by atoms with Crippen LogP contribution in [0.4, 0.5) is 0 Å². The van der Waals surface area contributed by atoms with E-state index < -0.39 is 0 Å². The summed E-state index contributed by atoms with van der Waals surface area (Å²) in [5, 5.41) is 0. The first-order chi connectivity index (χ1) is 20.9. The molecule has 12 aliphatic rings. The minimum absolute atomic E-state index is 1.17. The van der Waals surface area contributed by atoms with E-state index in [1.54, 1.807) is 128 Å². The second kappa shape index (κ2) is 8.87. The van der Waals surface area contributed by atoms with Crippen molar-refractivity contribution >= 4 is 0 Å². The minimum atomic E-state index is 1.17. The van der Waals surface area contributed by atoms with Gasteiger partial charge in [0, 0.05) is 0 Å². The molecule has 0 radical (unpaired) electrons. The highest BCUT2D eigenvalue weighted by Crippen LogP contribution is 2.79. The number of rotatable bonds is 0. The maximum atomic E-state index is 1.71. The number of hydrogen-bond donors (Lipinski definition) is 0. The van der Waals surface area contributed by atoms with Crippen LogP contribution in [0.3, 0.4) is 0 Å². The Bertz CT molecular complexity index is 1020. The highest BCUT2D eigenvalue weighted by atomic mass is 14.8. The zero-order chi connectivity index (χ0) is 26.8. The van der Waals surface area contributed by atoms with Gasteiger partial charge >= 0.3 is 0 Å². The number of hydrogen-bond acceptors (Lipinski definition) is 0. The van der Waals surface area contributed by atoms with Gasteiger partial charge in [0.05, 0.1) is 0 Å². The Morgan fingerprint density at radius 2 is 0.333 bits per heavy atom. The standard InChI is InChI=1S/C42H62/c1-3-9-23-21(7-1)25-11-5-13-27-31-19-20-32-28-14-6-12-26-22-8-2-4-10-24(22)30-16-18-34-33-17-15-29(23)37(35(25)27)39(33)41(31)42(32)40(34)38(30)36(26)28/h21-42H,1-20H2. The Labute approximate surface area is 258 Å². The van der Waals surface area contributed by atoms with Crippen molar-refractivity contribution in [3.8, 4) is 0 Å². The highest BCUT2D eigenvalue weighted by molar-refractivity contribution is 5.21. The van der Waals surface area contributed by atoms with Crippen LogP contribution in [0.2, 0.25) is 0 Å². The predicted molar refractivity (Wildman–Crippen MR) is 169 cm³/mol. The normalized spacial score (nSPS) is 68.0. The Morgan fingerprint density at radius 3 is 0.643 bits per heavy atom. The zero-order valence-corrected chi connectivity index (χ0v) is 26.8. The fourth-order valence-corrected chi connectivity index (χ4v) is 20.5. The first-order valence-electron chi connectivity index (χ1n) is 20.9. The minimum Gasteiger partial charge on any atom is -0.0530 e. The third-order valence-corrected chi connectivity index (χ3v) is 20.3. The molecular formula is C42H62. The van der Waals surface area contributed by atoms with E-state index in [1.807, 2.05) is 0 Å². The van der Waals surface area contributed by atoms with Crippen LogP contribution in [0.1, 0.15) is 128 Å². The Hall–Kier alpha value is 0. The van der Waals surface area contributed by atoms with Gasteiger partial charge < -0.3 is 0 Å². The topological polar surface area (TPSA) is 0 Å². The molecule has 0 aromatic carbocycles. The van der Waals surface area contributed by atoms with Crippen LogP contribution in [-0.4, -0.2) is 0 Å². The van der Waals surface area contributed by atoms with Gasteiger partial charge in [0.2, 0.25) is 0 Å². The molecule has 0 spiro atoms. The summed E-state index contributed by atoms with van der Waals surface area (Å²) >= 11 is 0. The monoisotopic (exact) mass is 566 g/mol. The average Bonchev–Trinajstić information content (AvgIpc) is 3.06. The van der Waals surface area contributed by atoms with E-state index in [9.17, 15) is 0 Å². The molecule has 22 unspecified atom stereocenters. The summed E-state index contributed by atoms with van der Waals surface area (Å²) in [6.45, 7) is 0. The molecule has 230 valence electrons. The van der Waals surface area contributed by atoms with Gasteiger partial charge in [-0.15, -0.1) is 0 Å². The molecule has 0 aromatic rings. The summed E-state index contributed by atoms with van der Waals surface area (Å²) in [4.78, 5) is 0. The van der Waals surface area contributed by atoms with Crippen molar-refractivity contribution < 1.29 is 0 Å². The average molecular weight is 567 g/mol. The Kier molecular flexibility index (Phi) is 5.31. The molecule has 0 N–H and O–H groups in total. The quantitative estimate of drug-likeness (QED) is 0.273. The molecule has 0 saturated heterocycles. The second-order valence-electron chi connectivity index (χ2n) is 20.1. The summed E-state index contributed by atoms with van der Waals surface area (Å²) in [6.07, 6.45) is 33.1. The summed E-state index contributed by atoms with van der Waals surface area (Å²) in [5.74, 6) is 26.2. The molecule has 0 heterocycles. The van der Waals surface area contributed by atoms with Gasteiger partial charge in [0.1, 0.15) is 0 Å². The third-order valence-electron chi connectivity index (χ3n) is 20.3. The van der Waals surface area contributed by atoms with Crippen LogP contribution < -0.4 is 0 Å². The molecular weight excluding hydrogens is 504 g/mol. The highest BCUT2D eigenvalue weighted by Gasteiger charge is 2.74. The van der Waals surface area contributed by atoms with Crippen LogP contribution in [0.15, 0.2) is 0 Å². The lowest BCUT2D eigenvalue weighted by molar-refractivity contribution is -0.299. The van der Waals surface area contributed by atoms with Gasteiger partial charge in [0.25, 0.3) is 0 Å². The van der Waals surface area contributed by atoms with E-state index >= 15 is 0 Å². The molecule has 0 aromatic heterocycles. The summed E-state index contributed by atoms with van der Waals surface area (Å²) in [7, 11) is 0. The molecule has 0 aliphatic heterocycles. The van der Waals surface area contributed by atoms with Crippen molar-refractivity contribution in [2.75, 3.05) is 0 Å². The van der Waals surface area contributed by atoms with Gasteiger partial charge in [0.15, 0.2) is 0 Å². The molecule has 22 atom stereocenters. The Balaban J connectivity index is 1.02. The lowest BCUT2D eigenvalue weighted by Crippen LogP contribution is -2.72. The Morgan fingerprint density at radius 1 is 0.143 bits per heavy atom. The lowest BCUT2D eigenvalue weighted by Gasteiger charge is -2.78. The first kappa shape index (κ1) is 25.1. The smallest absolute Gasteiger partial charge is 0.0315 e. The van der Waals surface area contributed by atoms with E-state index in [0.29, 0.717) is 0 Å². The third kappa shape index (κ3) is 2.89. The molecule has 42 heavy (non-hydrogen) atoms. The van der Waals surface area contributed by atoms with Crippen molar-refractivity contribution in [2.45, 2.75) is 128 Å². The van der Waals surface area contributed by atoms with Crippen LogP contribution in [0.5, 0.6) is 0 Å². The van der Waals surface area contributed by atoms with Crippen molar-refractivity contribution in [1.82, 2.24) is 0 Å². The maximum Gasteiger partial charge on any atom is -0.0315 e. The van der Waals surface area contributed by atoms with Crippen molar-refractivity contribution in [3.63, 3.8) is 0 Å². The molecule has 0 amide bonds. The zero-order valence-electron chi connectivity index (χ0n) is 26.8. The van der Waals surface area contributed by atoms with E-state index in [2.05, 4.69) is 0 Å². The van der Waals surface area contributed by atoms with Crippen LogP contribution >= 0.6 is 0 Å². The molecule has 0 nitrogen and oxygen atoms in total. The predicted octanol–water partition coefficient (Wildman–Crippen LogP) is 10.5. The van der Waals surface area contributed by atoms with Gasteiger partial charge in [-0.05, 0) is 220 Å². The molecule has 0 heteroatoms. The van der Waals surface area contributed by atoms with Crippen molar-refractivity contribution in [2.24, 2.45) is 130 Å². The van der Waals surface area contributed by atoms with Crippen LogP contribution in [0.25, 0.3) is 0 Å². The van der Waals surface area contributed by atoms with E-state index in [1.165, 1.54) is 130 Å². The summed E-state index contributed by atoms with van der Waals surface area (Å²) < 4.78 is 0. The molecule has 12 fully saturated rings. The van der Waals surface area contributed by atoms with E-state index in [4.69, 9.17) is 0 Å². The van der Waals surface area contributed by atoms with Gasteiger partial charge in [-0.2, -0.15) is 0 Å². The largest absolute Gasteiger partial charge is 0.0530 e. The SMILES string of the molecule is C1CCC2C(C1)C1CCCC3C4CCC5C6CCCC7C8CCCCC8C8CCC9C%10CCC2C(C13)C%10C4C5C9C8C76. The van der Waals surface area contributed by atoms with Gasteiger partial charge in [-0.3, -0.25) is 0 Å². The molecule has 12 rings (SSSR count). The van der Waals surface area contributed by atoms with Crippen LogP contribution in [0, 0.1) is 130 Å². The second-order valence-corrected chi connectivity index (χ2v) is 20.1. The molecule has 12 saturated carbocycles.